The van der Waals surface area contributed by atoms with Gasteiger partial charge in [-0.15, -0.1) is 0 Å². The predicted molar refractivity (Wildman–Crippen MR) is 68.3 cm³/mol. The molecule has 1 aromatic carbocycles. The van der Waals surface area contributed by atoms with E-state index < -0.39 is 5.54 Å². The lowest BCUT2D eigenvalue weighted by molar-refractivity contribution is 0.425. The van der Waals surface area contributed by atoms with Gasteiger partial charge in [0, 0.05) is 12.4 Å². The molecular weight excluding hydrogens is 210 g/mol. The fourth-order valence-electron chi connectivity index (χ4n) is 1.75. The van der Waals surface area contributed by atoms with E-state index in [-0.39, 0.29) is 0 Å². The van der Waals surface area contributed by atoms with Crippen molar-refractivity contribution in [1.29, 1.82) is 0 Å². The molecule has 0 fully saturated rings. The lowest BCUT2D eigenvalue weighted by Gasteiger charge is -2.22. The van der Waals surface area contributed by atoms with Crippen LogP contribution in [-0.2, 0) is 12.0 Å². The van der Waals surface area contributed by atoms with Crippen molar-refractivity contribution in [2.75, 3.05) is 0 Å². The second-order valence-electron chi connectivity index (χ2n) is 4.48. The maximum Gasteiger partial charge on any atom is 0.147 e. The summed E-state index contributed by atoms with van der Waals surface area (Å²) in [5, 5.41) is 0. The van der Waals surface area contributed by atoms with E-state index in [0.717, 1.165) is 12.8 Å². The van der Waals surface area contributed by atoms with Crippen LogP contribution in [0.1, 0.15) is 24.7 Å². The highest BCUT2D eigenvalue weighted by molar-refractivity contribution is 5.16. The molecule has 0 aliphatic carbocycles. The van der Waals surface area contributed by atoms with E-state index >= 15 is 0 Å². The van der Waals surface area contributed by atoms with Crippen LogP contribution >= 0.6 is 0 Å². The minimum Gasteiger partial charge on any atom is -0.319 e. The zero-order valence-corrected chi connectivity index (χ0v) is 10.0. The first kappa shape index (κ1) is 11.7. The average Bonchev–Trinajstić information content (AvgIpc) is 2.39. The summed E-state index contributed by atoms with van der Waals surface area (Å²) in [6, 6.07) is 12.1. The van der Waals surface area contributed by atoms with Crippen molar-refractivity contribution in [1.82, 2.24) is 9.97 Å². The molecule has 0 saturated heterocycles. The van der Waals surface area contributed by atoms with Crippen molar-refractivity contribution in [2.24, 2.45) is 5.73 Å². The van der Waals surface area contributed by atoms with Gasteiger partial charge in [-0.1, -0.05) is 30.3 Å². The minimum atomic E-state index is -0.475. The topological polar surface area (TPSA) is 51.8 Å². The van der Waals surface area contributed by atoms with Crippen LogP contribution in [-0.4, -0.2) is 9.97 Å². The standard InChI is InChI=1S/C14H17N3/c1-14(15,13-16-10-5-11-17-13)9-8-12-6-3-2-4-7-12/h2-7,10-11H,8-9,15H2,1H3. The molecule has 3 nitrogen and oxygen atoms in total. The van der Waals surface area contributed by atoms with Gasteiger partial charge in [-0.2, -0.15) is 0 Å². The van der Waals surface area contributed by atoms with E-state index in [1.54, 1.807) is 18.5 Å². The van der Waals surface area contributed by atoms with E-state index in [4.69, 9.17) is 5.73 Å². The van der Waals surface area contributed by atoms with Crippen molar-refractivity contribution in [3.05, 3.63) is 60.2 Å². The Morgan fingerprint density at radius 3 is 2.35 bits per heavy atom. The SMILES string of the molecule is CC(N)(CCc1ccccc1)c1ncccn1. The molecule has 2 rings (SSSR count). The first-order chi connectivity index (χ1) is 8.18. The fourth-order valence-corrected chi connectivity index (χ4v) is 1.75. The quantitative estimate of drug-likeness (QED) is 0.871. The van der Waals surface area contributed by atoms with E-state index in [2.05, 4.69) is 22.1 Å². The van der Waals surface area contributed by atoms with Crippen molar-refractivity contribution in [3.63, 3.8) is 0 Å². The molecule has 0 radical (unpaired) electrons. The third-order valence-electron chi connectivity index (χ3n) is 2.85. The van der Waals surface area contributed by atoms with Gasteiger partial charge in [0.2, 0.25) is 0 Å². The lowest BCUT2D eigenvalue weighted by atomic mass is 9.93. The molecule has 3 heteroatoms. The second kappa shape index (κ2) is 5.06. The van der Waals surface area contributed by atoms with Gasteiger partial charge in [0.05, 0.1) is 5.54 Å². The molecule has 2 aromatic rings. The normalized spacial score (nSPS) is 14.2. The molecule has 0 spiro atoms. The molecule has 1 atom stereocenters. The Balaban J connectivity index is 2.03. The van der Waals surface area contributed by atoms with Crippen molar-refractivity contribution >= 4 is 0 Å². The summed E-state index contributed by atoms with van der Waals surface area (Å²) in [5.41, 5.74) is 7.08. The molecule has 88 valence electrons. The number of nitrogens with two attached hydrogens (primary N) is 1. The van der Waals surface area contributed by atoms with Crippen LogP contribution in [0.5, 0.6) is 0 Å². The maximum absolute atomic E-state index is 6.26. The highest BCUT2D eigenvalue weighted by atomic mass is 14.9. The van der Waals surface area contributed by atoms with Crippen molar-refractivity contribution in [2.45, 2.75) is 25.3 Å². The van der Waals surface area contributed by atoms with E-state index in [0.29, 0.717) is 5.82 Å². The summed E-state index contributed by atoms with van der Waals surface area (Å²) in [4.78, 5) is 8.45. The van der Waals surface area contributed by atoms with Gasteiger partial charge in [0.25, 0.3) is 0 Å². The minimum absolute atomic E-state index is 0.475. The van der Waals surface area contributed by atoms with E-state index in [9.17, 15) is 0 Å². The summed E-state index contributed by atoms with van der Waals surface area (Å²) >= 11 is 0. The summed E-state index contributed by atoms with van der Waals surface area (Å²) in [5.74, 6) is 0.705. The third kappa shape index (κ3) is 3.11. The lowest BCUT2D eigenvalue weighted by Crippen LogP contribution is -2.35. The third-order valence-corrected chi connectivity index (χ3v) is 2.85. The Kier molecular flexibility index (Phi) is 3.49. The summed E-state index contributed by atoms with van der Waals surface area (Å²) < 4.78 is 0. The second-order valence-corrected chi connectivity index (χ2v) is 4.48. The molecule has 0 amide bonds. The van der Waals surface area contributed by atoms with Crippen LogP contribution in [0.3, 0.4) is 0 Å². The van der Waals surface area contributed by atoms with Gasteiger partial charge in [-0.25, -0.2) is 9.97 Å². The number of aryl methyl sites for hydroxylation is 1. The molecule has 0 aliphatic rings. The van der Waals surface area contributed by atoms with E-state index in [1.165, 1.54) is 5.56 Å². The Hall–Kier alpha value is -1.74. The van der Waals surface area contributed by atoms with Gasteiger partial charge < -0.3 is 5.73 Å². The number of hydrogen-bond acceptors (Lipinski definition) is 3. The Bertz CT molecular complexity index is 451. The zero-order chi connectivity index (χ0) is 12.1. The molecule has 2 N–H and O–H groups in total. The highest BCUT2D eigenvalue weighted by Crippen LogP contribution is 2.19. The van der Waals surface area contributed by atoms with Gasteiger partial charge >= 0.3 is 0 Å². The van der Waals surface area contributed by atoms with Gasteiger partial charge in [-0.05, 0) is 31.4 Å². The number of benzene rings is 1. The van der Waals surface area contributed by atoms with Crippen LogP contribution in [0, 0.1) is 0 Å². The monoisotopic (exact) mass is 227 g/mol. The summed E-state index contributed by atoms with van der Waals surface area (Å²) in [7, 11) is 0. The molecule has 0 aliphatic heterocycles. The fraction of sp³-hybridized carbons (Fsp3) is 0.286. The largest absolute Gasteiger partial charge is 0.319 e. The van der Waals surface area contributed by atoms with Crippen LogP contribution in [0.15, 0.2) is 48.8 Å². The van der Waals surface area contributed by atoms with Crippen LogP contribution in [0.4, 0.5) is 0 Å². The van der Waals surface area contributed by atoms with Crippen LogP contribution < -0.4 is 5.73 Å². The van der Waals surface area contributed by atoms with Gasteiger partial charge in [0.15, 0.2) is 0 Å². The summed E-state index contributed by atoms with van der Waals surface area (Å²) in [6.07, 6.45) is 5.24. The highest BCUT2D eigenvalue weighted by Gasteiger charge is 2.23. The van der Waals surface area contributed by atoms with Crippen molar-refractivity contribution in [3.8, 4) is 0 Å². The van der Waals surface area contributed by atoms with Crippen molar-refractivity contribution < 1.29 is 0 Å². The molecule has 1 unspecified atom stereocenters. The van der Waals surface area contributed by atoms with E-state index in [1.807, 2.05) is 25.1 Å². The maximum atomic E-state index is 6.26. The average molecular weight is 227 g/mol. The number of hydrogen-bond donors (Lipinski definition) is 1. The number of rotatable bonds is 4. The Morgan fingerprint density at radius 2 is 1.71 bits per heavy atom. The number of nitrogens with zero attached hydrogens (tertiary/aromatic N) is 2. The first-order valence-electron chi connectivity index (χ1n) is 5.79. The van der Waals surface area contributed by atoms with Crippen LogP contribution in [0.25, 0.3) is 0 Å². The molecule has 1 aromatic heterocycles. The molecule has 0 saturated carbocycles. The molecule has 0 bridgehead atoms. The Labute approximate surface area is 102 Å². The molecule has 17 heavy (non-hydrogen) atoms. The number of aromatic nitrogens is 2. The summed E-state index contributed by atoms with van der Waals surface area (Å²) in [6.45, 7) is 1.98. The Morgan fingerprint density at radius 1 is 1.06 bits per heavy atom. The molecule has 1 heterocycles. The predicted octanol–water partition coefficient (Wildman–Crippen LogP) is 2.28. The van der Waals surface area contributed by atoms with Gasteiger partial charge in [-0.3, -0.25) is 0 Å². The van der Waals surface area contributed by atoms with Gasteiger partial charge in [0.1, 0.15) is 5.82 Å². The smallest absolute Gasteiger partial charge is 0.147 e. The zero-order valence-electron chi connectivity index (χ0n) is 10.0. The van der Waals surface area contributed by atoms with Crippen LogP contribution in [0.2, 0.25) is 0 Å². The molecular formula is C14H17N3. The first-order valence-corrected chi connectivity index (χ1v) is 5.79.